The summed E-state index contributed by atoms with van der Waals surface area (Å²) < 4.78 is 0. The van der Waals surface area contributed by atoms with Crippen molar-refractivity contribution in [2.45, 2.75) is 19.0 Å². The van der Waals surface area contributed by atoms with Crippen LogP contribution in [-0.4, -0.2) is 24.0 Å². The Morgan fingerprint density at radius 3 is 1.63 bits per heavy atom. The number of rotatable bonds is 4. The van der Waals surface area contributed by atoms with Crippen molar-refractivity contribution in [2.24, 2.45) is 33.1 Å². The van der Waals surface area contributed by atoms with Crippen LogP contribution in [0, 0.1) is 0 Å². The summed E-state index contributed by atoms with van der Waals surface area (Å²) in [5.41, 5.74) is 30.5. The summed E-state index contributed by atoms with van der Waals surface area (Å²) in [7, 11) is 0. The van der Waals surface area contributed by atoms with E-state index >= 15 is 0 Å². The van der Waals surface area contributed by atoms with Gasteiger partial charge in [0, 0.05) is 17.5 Å². The largest absolute Gasteiger partial charge is 0.298 e. The molecule has 0 saturated carbocycles. The van der Waals surface area contributed by atoms with Gasteiger partial charge in [0.1, 0.15) is 12.6 Å². The Morgan fingerprint density at radius 2 is 1.26 bits per heavy atom. The first-order valence-corrected chi connectivity index (χ1v) is 5.84. The highest BCUT2D eigenvalue weighted by atomic mass is 15.4. The highest BCUT2D eigenvalue weighted by Gasteiger charge is 2.23. The monoisotopic (exact) mass is 262 g/mol. The first kappa shape index (κ1) is 13.4. The minimum absolute atomic E-state index is 0.554. The normalized spacial score (nSPS) is 18.4. The van der Waals surface area contributed by atoms with Crippen LogP contribution in [0.15, 0.2) is 34.5 Å². The number of hydrazone groups is 2. The third-order valence-electron chi connectivity index (χ3n) is 2.58. The second-order valence-corrected chi connectivity index (χ2v) is 4.15. The first-order chi connectivity index (χ1) is 9.08. The average Bonchev–Trinajstić information content (AvgIpc) is 2.72. The summed E-state index contributed by atoms with van der Waals surface area (Å²) in [5, 5.41) is 8.37. The van der Waals surface area contributed by atoms with Crippen LogP contribution in [0.5, 0.6) is 0 Å². The molecule has 0 unspecified atom stereocenters. The maximum atomic E-state index is 5.41. The van der Waals surface area contributed by atoms with Gasteiger partial charge < -0.3 is 0 Å². The number of nitrogens with zero attached hydrogens (tertiary/aromatic N) is 2. The number of hydrogen-bond acceptors (Lipinski definition) is 8. The summed E-state index contributed by atoms with van der Waals surface area (Å²) in [4.78, 5) is 0. The molecule has 0 amide bonds. The number of fused-ring (bicyclic) bond motifs is 1. The number of nitrogens with one attached hydrogen (secondary N) is 2. The smallest absolute Gasteiger partial charge is 0.142 e. The maximum absolute atomic E-state index is 5.41. The van der Waals surface area contributed by atoms with Crippen LogP contribution >= 0.6 is 0 Å². The molecule has 2 rings (SSSR count). The van der Waals surface area contributed by atoms with Gasteiger partial charge in [-0.1, -0.05) is 24.3 Å². The fraction of sp³-hybridized carbons (Fsp3) is 0.273. The van der Waals surface area contributed by atoms with Crippen molar-refractivity contribution in [3.63, 3.8) is 0 Å². The van der Waals surface area contributed by atoms with Crippen LogP contribution in [0.2, 0.25) is 0 Å². The molecule has 1 aliphatic carbocycles. The summed E-state index contributed by atoms with van der Waals surface area (Å²) in [6.07, 6.45) is -0.841. The van der Waals surface area contributed by atoms with E-state index < -0.39 is 12.6 Å². The lowest BCUT2D eigenvalue weighted by molar-refractivity contribution is 0.569. The van der Waals surface area contributed by atoms with Crippen molar-refractivity contribution in [3.05, 3.63) is 35.4 Å². The molecule has 19 heavy (non-hydrogen) atoms. The molecule has 0 bridgehead atoms. The molecule has 0 spiro atoms. The second-order valence-electron chi connectivity index (χ2n) is 4.15. The maximum Gasteiger partial charge on any atom is 0.142 e. The first-order valence-electron chi connectivity index (χ1n) is 5.84. The fourth-order valence-corrected chi connectivity index (χ4v) is 1.84. The van der Waals surface area contributed by atoms with Crippen LogP contribution in [-0.2, 0) is 0 Å². The Labute approximate surface area is 110 Å². The van der Waals surface area contributed by atoms with Crippen LogP contribution in [0.1, 0.15) is 17.5 Å². The molecule has 1 aromatic rings. The van der Waals surface area contributed by atoms with Crippen LogP contribution in [0.25, 0.3) is 0 Å². The molecule has 1 aliphatic rings. The SMILES string of the molecule is NC(N)N/N=C1/C/C(=N\NC(N)N)c2ccccc21. The van der Waals surface area contributed by atoms with Gasteiger partial charge in [0.05, 0.1) is 11.4 Å². The number of benzene rings is 1. The van der Waals surface area contributed by atoms with Gasteiger partial charge in [-0.05, 0) is 0 Å². The molecule has 8 heteroatoms. The van der Waals surface area contributed by atoms with E-state index in [2.05, 4.69) is 21.1 Å². The Bertz CT molecular complexity index is 460. The van der Waals surface area contributed by atoms with Gasteiger partial charge in [-0.2, -0.15) is 10.2 Å². The molecule has 8 nitrogen and oxygen atoms in total. The molecular formula is C11H18N8. The van der Waals surface area contributed by atoms with E-state index in [1.165, 1.54) is 0 Å². The predicted octanol–water partition coefficient (Wildman–Crippen LogP) is -1.92. The Morgan fingerprint density at radius 1 is 0.842 bits per heavy atom. The second kappa shape index (κ2) is 5.76. The summed E-state index contributed by atoms with van der Waals surface area (Å²) >= 11 is 0. The third-order valence-corrected chi connectivity index (χ3v) is 2.58. The molecule has 0 radical (unpaired) electrons. The number of hydrogen-bond donors (Lipinski definition) is 6. The lowest BCUT2D eigenvalue weighted by Crippen LogP contribution is -2.43. The van der Waals surface area contributed by atoms with Gasteiger partial charge >= 0.3 is 0 Å². The summed E-state index contributed by atoms with van der Waals surface area (Å²) in [6.45, 7) is 0. The van der Waals surface area contributed by atoms with Crippen LogP contribution in [0.4, 0.5) is 0 Å². The zero-order valence-electron chi connectivity index (χ0n) is 10.4. The van der Waals surface area contributed by atoms with Gasteiger partial charge in [0.15, 0.2) is 0 Å². The minimum atomic E-state index is -0.698. The molecule has 1 aromatic carbocycles. The summed E-state index contributed by atoms with van der Waals surface area (Å²) in [5.74, 6) is 0. The summed E-state index contributed by atoms with van der Waals surface area (Å²) in [6, 6.07) is 7.79. The lowest BCUT2D eigenvalue weighted by atomic mass is 10.1. The average molecular weight is 262 g/mol. The van der Waals surface area contributed by atoms with E-state index in [0.717, 1.165) is 22.6 Å². The fourth-order valence-electron chi connectivity index (χ4n) is 1.84. The molecule has 0 aromatic heterocycles. The highest BCUT2D eigenvalue weighted by Crippen LogP contribution is 2.22. The van der Waals surface area contributed by atoms with Gasteiger partial charge in [-0.15, -0.1) is 0 Å². The van der Waals surface area contributed by atoms with Gasteiger partial charge in [0.25, 0.3) is 0 Å². The van der Waals surface area contributed by atoms with Crippen molar-refractivity contribution < 1.29 is 0 Å². The van der Waals surface area contributed by atoms with Gasteiger partial charge in [0.2, 0.25) is 0 Å². The molecule has 0 heterocycles. The zero-order valence-corrected chi connectivity index (χ0v) is 10.4. The molecule has 102 valence electrons. The predicted molar refractivity (Wildman–Crippen MR) is 74.7 cm³/mol. The molecule has 0 atom stereocenters. The van der Waals surface area contributed by atoms with Crippen LogP contribution in [0.3, 0.4) is 0 Å². The van der Waals surface area contributed by atoms with E-state index in [-0.39, 0.29) is 0 Å². The minimum Gasteiger partial charge on any atom is -0.298 e. The molecule has 10 N–H and O–H groups in total. The molecular weight excluding hydrogens is 244 g/mol. The molecule has 0 fully saturated rings. The van der Waals surface area contributed by atoms with Crippen molar-refractivity contribution in [1.29, 1.82) is 0 Å². The van der Waals surface area contributed by atoms with Gasteiger partial charge in [-0.25, -0.2) is 0 Å². The van der Waals surface area contributed by atoms with E-state index in [1.807, 2.05) is 24.3 Å². The zero-order chi connectivity index (χ0) is 13.8. The van der Waals surface area contributed by atoms with Crippen molar-refractivity contribution in [2.75, 3.05) is 0 Å². The number of nitrogens with two attached hydrogens (primary N) is 4. The van der Waals surface area contributed by atoms with Crippen molar-refractivity contribution in [1.82, 2.24) is 10.9 Å². The molecule has 0 aliphatic heterocycles. The third kappa shape index (κ3) is 3.26. The van der Waals surface area contributed by atoms with Crippen molar-refractivity contribution >= 4 is 11.4 Å². The van der Waals surface area contributed by atoms with E-state index in [0.29, 0.717) is 6.42 Å². The van der Waals surface area contributed by atoms with E-state index in [1.54, 1.807) is 0 Å². The van der Waals surface area contributed by atoms with Crippen LogP contribution < -0.4 is 33.8 Å². The lowest BCUT2D eigenvalue weighted by Gasteiger charge is -2.05. The van der Waals surface area contributed by atoms with Crippen molar-refractivity contribution in [3.8, 4) is 0 Å². The van der Waals surface area contributed by atoms with E-state index in [9.17, 15) is 0 Å². The molecule has 0 saturated heterocycles. The highest BCUT2D eigenvalue weighted by molar-refractivity contribution is 6.27. The Balaban J connectivity index is 2.28. The standard InChI is InChI=1S/C11H18N8/c12-10(13)18-16-8-5-9(17-19-11(14)15)7-4-2-1-3-6(7)8/h1-4,10-11,18-19H,5,12-15H2/b16-8-,17-9+. The van der Waals surface area contributed by atoms with E-state index in [4.69, 9.17) is 22.9 Å². The topological polar surface area (TPSA) is 153 Å². The quantitative estimate of drug-likeness (QED) is 0.275. The van der Waals surface area contributed by atoms with Gasteiger partial charge in [-0.3, -0.25) is 33.8 Å². The Hall–Kier alpha value is -2.00. The Kier molecular flexibility index (Phi) is 4.07.